The standard InChI is InChI=1S/C7H17NS/c1-4-5-6-7(2)9(3)8/h7-8H,4-6H2,1-3H3. The Bertz CT molecular complexity index is 90.9. The highest BCUT2D eigenvalue weighted by Gasteiger charge is 1.99. The summed E-state index contributed by atoms with van der Waals surface area (Å²) in [4.78, 5) is 0. The summed E-state index contributed by atoms with van der Waals surface area (Å²) in [5.41, 5.74) is 0. The second-order valence-corrected chi connectivity index (χ2v) is 4.43. The van der Waals surface area contributed by atoms with Gasteiger partial charge in [-0.2, -0.15) is 0 Å². The van der Waals surface area contributed by atoms with Crippen molar-refractivity contribution in [2.24, 2.45) is 0 Å². The SMILES string of the molecule is CCCCC(C)S(C)=N. The highest BCUT2D eigenvalue weighted by molar-refractivity contribution is 7.85. The van der Waals surface area contributed by atoms with Gasteiger partial charge in [-0.3, -0.25) is 4.78 Å². The van der Waals surface area contributed by atoms with Crippen molar-refractivity contribution in [3.63, 3.8) is 0 Å². The van der Waals surface area contributed by atoms with Gasteiger partial charge in [0.15, 0.2) is 0 Å². The van der Waals surface area contributed by atoms with Crippen molar-refractivity contribution in [1.29, 1.82) is 4.78 Å². The van der Waals surface area contributed by atoms with Crippen molar-refractivity contribution in [3.8, 4) is 0 Å². The van der Waals surface area contributed by atoms with Crippen LogP contribution in [0.5, 0.6) is 0 Å². The zero-order valence-electron chi connectivity index (χ0n) is 6.61. The van der Waals surface area contributed by atoms with Crippen molar-refractivity contribution in [3.05, 3.63) is 0 Å². The van der Waals surface area contributed by atoms with Crippen LogP contribution in [0.1, 0.15) is 33.1 Å². The number of unbranched alkanes of at least 4 members (excludes halogenated alkanes) is 1. The van der Waals surface area contributed by atoms with E-state index < -0.39 is 0 Å². The van der Waals surface area contributed by atoms with E-state index in [4.69, 9.17) is 4.78 Å². The van der Waals surface area contributed by atoms with Gasteiger partial charge in [-0.25, -0.2) is 0 Å². The Kier molecular flexibility index (Phi) is 5.06. The largest absolute Gasteiger partial charge is 0.280 e. The maximum atomic E-state index is 7.39. The molecule has 2 atom stereocenters. The van der Waals surface area contributed by atoms with E-state index in [9.17, 15) is 0 Å². The molecule has 1 N–H and O–H groups in total. The van der Waals surface area contributed by atoms with Crippen LogP contribution >= 0.6 is 0 Å². The van der Waals surface area contributed by atoms with E-state index >= 15 is 0 Å². The van der Waals surface area contributed by atoms with Gasteiger partial charge in [0, 0.05) is 5.25 Å². The Labute approximate surface area is 60.7 Å². The van der Waals surface area contributed by atoms with Gasteiger partial charge in [-0.05, 0) is 12.7 Å². The molecule has 0 amide bonds. The van der Waals surface area contributed by atoms with Crippen molar-refractivity contribution in [1.82, 2.24) is 0 Å². The molecule has 0 rings (SSSR count). The normalized spacial score (nSPS) is 17.2. The first-order chi connectivity index (χ1) is 4.18. The molecule has 0 aliphatic rings. The minimum absolute atomic E-state index is 0.112. The number of hydrogen-bond acceptors (Lipinski definition) is 1. The van der Waals surface area contributed by atoms with E-state index in [0.29, 0.717) is 5.25 Å². The van der Waals surface area contributed by atoms with E-state index in [1.54, 1.807) is 0 Å². The molecule has 1 nitrogen and oxygen atoms in total. The van der Waals surface area contributed by atoms with Crippen LogP contribution in [0.15, 0.2) is 0 Å². The third-order valence-corrected chi connectivity index (χ3v) is 3.01. The molecule has 0 aliphatic heterocycles. The molecule has 0 spiro atoms. The van der Waals surface area contributed by atoms with Crippen LogP contribution in [0.4, 0.5) is 0 Å². The van der Waals surface area contributed by atoms with E-state index in [0.717, 1.165) is 0 Å². The van der Waals surface area contributed by atoms with Gasteiger partial charge in [-0.15, -0.1) is 10.7 Å². The summed E-state index contributed by atoms with van der Waals surface area (Å²) in [6.07, 6.45) is 5.79. The monoisotopic (exact) mass is 147 g/mol. The highest BCUT2D eigenvalue weighted by Crippen LogP contribution is 2.04. The molecule has 0 aromatic carbocycles. The van der Waals surface area contributed by atoms with Gasteiger partial charge in [0.2, 0.25) is 0 Å². The van der Waals surface area contributed by atoms with E-state index in [2.05, 4.69) is 13.8 Å². The van der Waals surface area contributed by atoms with Gasteiger partial charge in [0.1, 0.15) is 0 Å². The summed E-state index contributed by atoms with van der Waals surface area (Å²) in [7, 11) is -0.112. The molecule has 0 fully saturated rings. The molecule has 0 radical (unpaired) electrons. The van der Waals surface area contributed by atoms with Gasteiger partial charge in [0.05, 0.1) is 0 Å². The summed E-state index contributed by atoms with van der Waals surface area (Å²) in [5, 5.41) is 0.616. The van der Waals surface area contributed by atoms with Gasteiger partial charge < -0.3 is 0 Å². The Balaban J connectivity index is 3.27. The summed E-state index contributed by atoms with van der Waals surface area (Å²) >= 11 is 0. The van der Waals surface area contributed by atoms with Crippen LogP contribution in [0.2, 0.25) is 0 Å². The zero-order valence-corrected chi connectivity index (χ0v) is 7.42. The smallest absolute Gasteiger partial charge is 0.0121 e. The Hall–Kier alpha value is 0.150. The predicted octanol–water partition coefficient (Wildman–Crippen LogP) is 2.58. The van der Waals surface area contributed by atoms with Crippen LogP contribution in [0.3, 0.4) is 0 Å². The van der Waals surface area contributed by atoms with Gasteiger partial charge in [0.25, 0.3) is 0 Å². The van der Waals surface area contributed by atoms with Crippen LogP contribution in [-0.4, -0.2) is 11.5 Å². The fourth-order valence-electron chi connectivity index (χ4n) is 0.668. The van der Waals surface area contributed by atoms with Crippen LogP contribution in [0.25, 0.3) is 0 Å². The molecule has 56 valence electrons. The minimum atomic E-state index is -0.112. The molecule has 9 heavy (non-hydrogen) atoms. The maximum absolute atomic E-state index is 7.39. The Morgan fingerprint density at radius 1 is 1.56 bits per heavy atom. The van der Waals surface area contributed by atoms with Crippen molar-refractivity contribution >= 4 is 10.7 Å². The fraction of sp³-hybridized carbons (Fsp3) is 1.00. The fourth-order valence-corrected chi connectivity index (χ4v) is 1.19. The summed E-state index contributed by atoms with van der Waals surface area (Å²) in [6.45, 7) is 4.37. The molecular weight excluding hydrogens is 130 g/mol. The molecular formula is C7H17NS. The van der Waals surface area contributed by atoms with E-state index in [1.165, 1.54) is 19.3 Å². The van der Waals surface area contributed by atoms with E-state index in [-0.39, 0.29) is 10.7 Å². The van der Waals surface area contributed by atoms with Crippen LogP contribution in [0, 0.1) is 4.78 Å². The maximum Gasteiger partial charge on any atom is 0.0121 e. The van der Waals surface area contributed by atoms with Crippen molar-refractivity contribution in [2.45, 2.75) is 38.4 Å². The number of nitrogens with one attached hydrogen (secondary N) is 1. The molecule has 0 saturated heterocycles. The average Bonchev–Trinajstić information content (AvgIpc) is 1.82. The lowest BCUT2D eigenvalue weighted by Crippen LogP contribution is -2.06. The quantitative estimate of drug-likeness (QED) is 0.632. The lowest BCUT2D eigenvalue weighted by Gasteiger charge is -2.07. The zero-order chi connectivity index (χ0) is 7.28. The third-order valence-electron chi connectivity index (χ3n) is 1.57. The predicted molar refractivity (Wildman–Crippen MR) is 45.0 cm³/mol. The summed E-state index contributed by atoms with van der Waals surface area (Å²) in [5.74, 6) is 0. The first-order valence-corrected chi connectivity index (χ1v) is 5.24. The number of hydrogen-bond donors (Lipinski definition) is 1. The minimum Gasteiger partial charge on any atom is -0.280 e. The van der Waals surface area contributed by atoms with E-state index in [1.807, 2.05) is 6.26 Å². The molecule has 2 unspecified atom stereocenters. The molecule has 0 aromatic heterocycles. The third kappa shape index (κ3) is 4.64. The summed E-state index contributed by atoms with van der Waals surface area (Å²) < 4.78 is 7.39. The van der Waals surface area contributed by atoms with Crippen molar-refractivity contribution in [2.75, 3.05) is 6.26 Å². The highest BCUT2D eigenvalue weighted by atomic mass is 32.2. The van der Waals surface area contributed by atoms with Gasteiger partial charge in [-0.1, -0.05) is 26.7 Å². The molecule has 0 saturated carbocycles. The molecule has 0 bridgehead atoms. The molecule has 2 heteroatoms. The Morgan fingerprint density at radius 2 is 2.11 bits per heavy atom. The second-order valence-electron chi connectivity index (χ2n) is 2.51. The van der Waals surface area contributed by atoms with Crippen LogP contribution in [-0.2, 0) is 10.7 Å². The lowest BCUT2D eigenvalue weighted by molar-refractivity contribution is 0.711. The molecule has 0 heterocycles. The van der Waals surface area contributed by atoms with Crippen molar-refractivity contribution < 1.29 is 0 Å². The first-order valence-electron chi connectivity index (χ1n) is 3.54. The molecule has 0 aromatic rings. The molecule has 0 aliphatic carbocycles. The summed E-state index contributed by atoms with van der Waals surface area (Å²) in [6, 6.07) is 0. The second kappa shape index (κ2) is 4.98. The topological polar surface area (TPSA) is 23.9 Å². The number of rotatable bonds is 4. The Morgan fingerprint density at radius 3 is 2.44 bits per heavy atom. The van der Waals surface area contributed by atoms with Crippen LogP contribution < -0.4 is 0 Å². The van der Waals surface area contributed by atoms with Gasteiger partial charge >= 0.3 is 0 Å². The lowest BCUT2D eigenvalue weighted by atomic mass is 10.2. The first kappa shape index (κ1) is 9.15. The average molecular weight is 147 g/mol.